The monoisotopic (exact) mass is 572 g/mol. The molecule has 0 fully saturated rings. The van der Waals surface area contributed by atoms with E-state index in [1.807, 2.05) is 13.8 Å². The third-order valence-corrected chi connectivity index (χ3v) is 5.81. The number of carbonyl (C=O) groups excluding carboxylic acids is 1. The van der Waals surface area contributed by atoms with Crippen LogP contribution in [0.5, 0.6) is 0 Å². The van der Waals surface area contributed by atoms with Gasteiger partial charge in [0.2, 0.25) is 0 Å². The third-order valence-electron chi connectivity index (χ3n) is 5.24. The molecule has 1 amide bonds. The number of hydrogen-bond acceptors (Lipinski definition) is 3. The van der Waals surface area contributed by atoms with E-state index < -0.39 is 30.3 Å². The lowest BCUT2D eigenvalue weighted by atomic mass is 9.88. The Labute approximate surface area is 222 Å². The molecule has 37 heavy (non-hydrogen) atoms. The first-order valence-electron chi connectivity index (χ1n) is 11.3. The average molecular weight is 573 g/mol. The van der Waals surface area contributed by atoms with Gasteiger partial charge in [-0.15, -0.1) is 11.6 Å². The summed E-state index contributed by atoms with van der Waals surface area (Å²) >= 11 is 11.9. The number of rotatable bonds is 7. The van der Waals surface area contributed by atoms with Crippen LogP contribution in [0.1, 0.15) is 40.0 Å². The molecule has 0 aromatic heterocycles. The van der Waals surface area contributed by atoms with Gasteiger partial charge in [0.25, 0.3) is 5.60 Å². The molecule has 0 radical (unpaired) electrons. The zero-order chi connectivity index (χ0) is 28.4. The minimum absolute atomic E-state index is 0.0407. The third kappa shape index (κ3) is 8.53. The topological polar surface area (TPSA) is 41.9 Å². The lowest BCUT2D eigenvalue weighted by molar-refractivity contribution is -0.262. The van der Waals surface area contributed by atoms with Gasteiger partial charge in [0, 0.05) is 42.1 Å². The minimum Gasteiger partial charge on any atom is -0.375 e. The summed E-state index contributed by atoms with van der Waals surface area (Å²) in [6.45, 7) is 5.27. The van der Waals surface area contributed by atoms with Crippen molar-refractivity contribution in [1.29, 1.82) is 0 Å². The number of oxime groups is 1. The van der Waals surface area contributed by atoms with Crippen molar-refractivity contribution in [2.24, 2.45) is 5.16 Å². The number of alkyl halides is 7. The molecule has 0 spiro atoms. The molecule has 0 N–H and O–H groups in total. The Balaban J connectivity index is 0.00000334. The highest BCUT2D eigenvalue weighted by atomic mass is 35.5. The number of amides is 1. The maximum atomic E-state index is 14.3. The first kappa shape index (κ1) is 32.6. The van der Waals surface area contributed by atoms with Gasteiger partial charge in [-0.2, -0.15) is 26.3 Å². The fraction of sp³-hybridized carbons (Fsp3) is 0.440. The molecule has 1 atom stereocenters. The molecule has 0 saturated carbocycles. The Morgan fingerprint density at radius 2 is 1.78 bits per heavy atom. The van der Waals surface area contributed by atoms with Gasteiger partial charge < -0.3 is 9.74 Å². The van der Waals surface area contributed by atoms with Crippen LogP contribution in [0.15, 0.2) is 75.1 Å². The van der Waals surface area contributed by atoms with Gasteiger partial charge >= 0.3 is 18.3 Å². The number of halogens is 8. The smallest absolute Gasteiger partial charge is 0.375 e. The maximum Gasteiger partial charge on any atom is 0.471 e. The Morgan fingerprint density at radius 1 is 1.14 bits per heavy atom. The second kappa shape index (κ2) is 13.9. The molecule has 2 aliphatic rings. The van der Waals surface area contributed by atoms with Crippen molar-refractivity contribution < 1.29 is 36.0 Å². The maximum absolute atomic E-state index is 14.3. The summed E-state index contributed by atoms with van der Waals surface area (Å²) in [6.07, 6.45) is 0.187. The molecule has 0 bridgehead atoms. The summed E-state index contributed by atoms with van der Waals surface area (Å²) in [5, 5.41) is 3.70. The van der Waals surface area contributed by atoms with Crippen molar-refractivity contribution in [1.82, 2.24) is 4.90 Å². The number of nitrogens with zero attached hydrogens (tertiary/aromatic N) is 2. The summed E-state index contributed by atoms with van der Waals surface area (Å²) in [6, 6.07) is 0. The Kier molecular flexibility index (Phi) is 12.2. The SMILES string of the molecule is CC.CCC(O/N=C/C1=CC(N(C)C(=O)C(F)(F)F)=CC=CC1)(C1=CC(CCl)=CCC(Cl)=C1)C(F)(F)F. The second-order valence-corrected chi connectivity index (χ2v) is 8.37. The highest BCUT2D eigenvalue weighted by molar-refractivity contribution is 6.30. The van der Waals surface area contributed by atoms with Gasteiger partial charge in [-0.3, -0.25) is 4.79 Å². The average Bonchev–Trinajstić information content (AvgIpc) is 3.19. The van der Waals surface area contributed by atoms with Crippen LogP contribution in [0.4, 0.5) is 26.3 Å². The highest BCUT2D eigenvalue weighted by Gasteiger charge is 2.59. The van der Waals surface area contributed by atoms with Crippen LogP contribution < -0.4 is 0 Å². The van der Waals surface area contributed by atoms with E-state index >= 15 is 0 Å². The van der Waals surface area contributed by atoms with Gasteiger partial charge in [0.1, 0.15) is 0 Å². The summed E-state index contributed by atoms with van der Waals surface area (Å²) in [4.78, 5) is 17.0. The molecule has 0 aliphatic heterocycles. The van der Waals surface area contributed by atoms with E-state index in [0.29, 0.717) is 10.5 Å². The van der Waals surface area contributed by atoms with E-state index in [0.717, 1.165) is 19.3 Å². The Morgan fingerprint density at radius 3 is 2.32 bits per heavy atom. The largest absolute Gasteiger partial charge is 0.471 e. The molecule has 12 heteroatoms. The predicted octanol–water partition coefficient (Wildman–Crippen LogP) is 8.14. The van der Waals surface area contributed by atoms with Gasteiger partial charge in [0.05, 0.1) is 6.21 Å². The van der Waals surface area contributed by atoms with Crippen molar-refractivity contribution in [3.63, 3.8) is 0 Å². The van der Waals surface area contributed by atoms with Gasteiger partial charge in [0.15, 0.2) is 0 Å². The molecule has 2 rings (SSSR count). The van der Waals surface area contributed by atoms with E-state index in [4.69, 9.17) is 28.0 Å². The molecule has 4 nitrogen and oxygen atoms in total. The van der Waals surface area contributed by atoms with Gasteiger partial charge in [-0.1, -0.05) is 61.8 Å². The standard InChI is InChI=1S/C23H22Cl2F6N2O2.C2H6/c1-3-21(23(29,30)31,17-10-15(13-24)8-9-18(25)12-17)35-32-14-16-6-4-5-7-19(11-16)33(2)20(34)22(26,27)28;1-2/h4-5,7-8,10-12,14H,3,6,9,13H2,1-2H3;1-2H3/b32-14+;. The lowest BCUT2D eigenvalue weighted by Gasteiger charge is -2.33. The molecule has 1 unspecified atom stereocenters. The van der Waals surface area contributed by atoms with Gasteiger partial charge in [-0.25, -0.2) is 0 Å². The number of likely N-dealkylation sites (N-methyl/N-ethyl adjacent to an activating group) is 1. The molecule has 2 aliphatic carbocycles. The summed E-state index contributed by atoms with van der Waals surface area (Å²) in [5.74, 6) is -2.14. The van der Waals surface area contributed by atoms with E-state index in [2.05, 4.69) is 5.16 Å². The predicted molar refractivity (Wildman–Crippen MR) is 134 cm³/mol. The zero-order valence-electron chi connectivity index (χ0n) is 20.7. The van der Waals surface area contributed by atoms with Crippen LogP contribution in [-0.4, -0.2) is 47.9 Å². The van der Waals surface area contributed by atoms with Crippen molar-refractivity contribution in [3.8, 4) is 0 Å². The summed E-state index contributed by atoms with van der Waals surface area (Å²) in [7, 11) is 0.935. The van der Waals surface area contributed by atoms with E-state index in [1.165, 1.54) is 31.2 Å². The number of carbonyl (C=O) groups is 1. The van der Waals surface area contributed by atoms with Crippen LogP contribution in [0, 0.1) is 0 Å². The Hall–Kier alpha value is -2.46. The minimum atomic E-state index is -5.10. The molecule has 0 aromatic carbocycles. The van der Waals surface area contributed by atoms with E-state index in [-0.39, 0.29) is 40.6 Å². The van der Waals surface area contributed by atoms with Crippen molar-refractivity contribution >= 4 is 35.3 Å². The van der Waals surface area contributed by atoms with Crippen LogP contribution in [0.3, 0.4) is 0 Å². The van der Waals surface area contributed by atoms with Crippen molar-refractivity contribution in [2.75, 3.05) is 12.9 Å². The van der Waals surface area contributed by atoms with Gasteiger partial charge in [-0.05, 0) is 35.8 Å². The second-order valence-electron chi connectivity index (χ2n) is 7.62. The molecular weight excluding hydrogens is 545 g/mol. The first-order valence-corrected chi connectivity index (χ1v) is 12.2. The van der Waals surface area contributed by atoms with Crippen molar-refractivity contribution in [2.45, 2.75) is 58.0 Å². The summed E-state index contributed by atoms with van der Waals surface area (Å²) in [5.41, 5.74) is -2.64. The highest BCUT2D eigenvalue weighted by Crippen LogP contribution is 2.44. The van der Waals surface area contributed by atoms with Crippen LogP contribution in [-0.2, 0) is 9.63 Å². The fourth-order valence-corrected chi connectivity index (χ4v) is 3.66. The van der Waals surface area contributed by atoms with Crippen LogP contribution >= 0.6 is 23.2 Å². The normalized spacial score (nSPS) is 18.1. The Bertz CT molecular complexity index is 1040. The number of hydrogen-bond donors (Lipinski definition) is 0. The molecule has 0 saturated heterocycles. The lowest BCUT2D eigenvalue weighted by Crippen LogP contribution is -2.47. The van der Waals surface area contributed by atoms with Crippen LogP contribution in [0.25, 0.3) is 0 Å². The van der Waals surface area contributed by atoms with E-state index in [1.54, 1.807) is 12.2 Å². The zero-order valence-corrected chi connectivity index (χ0v) is 22.2. The van der Waals surface area contributed by atoms with E-state index in [9.17, 15) is 31.1 Å². The quantitative estimate of drug-likeness (QED) is 0.134. The number of allylic oxidation sites excluding steroid dienone is 9. The van der Waals surface area contributed by atoms with Crippen molar-refractivity contribution in [3.05, 3.63) is 70.0 Å². The summed E-state index contributed by atoms with van der Waals surface area (Å²) < 4.78 is 81.2. The molecular formula is C25H28Cl2F6N2O2. The molecule has 206 valence electrons. The first-order chi connectivity index (χ1) is 17.2. The molecule has 0 heterocycles. The molecule has 0 aromatic rings. The fourth-order valence-electron chi connectivity index (χ4n) is 3.28. The van der Waals surface area contributed by atoms with Crippen LogP contribution in [0.2, 0.25) is 0 Å².